The largest absolute Gasteiger partial charge is 0.426 e. The van der Waals surface area contributed by atoms with Gasteiger partial charge in [0.05, 0.1) is 5.56 Å². The number of fused-ring (bicyclic) bond motifs is 1. The highest BCUT2D eigenvalue weighted by molar-refractivity contribution is 7.10. The van der Waals surface area contributed by atoms with E-state index in [-0.39, 0.29) is 5.56 Å². The highest BCUT2D eigenvalue weighted by Gasteiger charge is 2.35. The van der Waals surface area contributed by atoms with Gasteiger partial charge in [0.25, 0.3) is 0 Å². The molecule has 3 nitrogen and oxygen atoms in total. The van der Waals surface area contributed by atoms with Gasteiger partial charge in [-0.05, 0) is 17.5 Å². The SMILES string of the molecule is N#Cc1cnc2[nH]cc(-c3ccsc3C(F)(F)F)c2c1. The fourth-order valence-electron chi connectivity index (χ4n) is 2.03. The number of pyridine rings is 1. The third kappa shape index (κ3) is 1.94. The predicted octanol–water partition coefficient (Wildman–Crippen LogP) is 4.18. The molecule has 3 aromatic rings. The second kappa shape index (κ2) is 4.35. The molecule has 0 saturated heterocycles. The molecule has 7 heteroatoms. The van der Waals surface area contributed by atoms with Gasteiger partial charge in [-0.25, -0.2) is 4.98 Å². The van der Waals surface area contributed by atoms with E-state index in [0.29, 0.717) is 33.5 Å². The first-order valence-electron chi connectivity index (χ1n) is 5.53. The van der Waals surface area contributed by atoms with Crippen molar-refractivity contribution in [3.63, 3.8) is 0 Å². The van der Waals surface area contributed by atoms with Gasteiger partial charge in [0.15, 0.2) is 0 Å². The van der Waals surface area contributed by atoms with Crippen LogP contribution in [0.5, 0.6) is 0 Å². The first-order valence-corrected chi connectivity index (χ1v) is 6.41. The van der Waals surface area contributed by atoms with Crippen LogP contribution < -0.4 is 0 Å². The summed E-state index contributed by atoms with van der Waals surface area (Å²) < 4.78 is 38.9. The zero-order valence-electron chi connectivity index (χ0n) is 9.82. The Bertz CT molecular complexity index is 823. The molecular weight excluding hydrogens is 287 g/mol. The van der Waals surface area contributed by atoms with Crippen molar-refractivity contribution in [3.05, 3.63) is 40.3 Å². The topological polar surface area (TPSA) is 52.5 Å². The zero-order chi connectivity index (χ0) is 14.3. The molecule has 0 radical (unpaired) electrons. The number of nitrogens with one attached hydrogen (secondary N) is 1. The van der Waals surface area contributed by atoms with Gasteiger partial charge in [0.2, 0.25) is 0 Å². The van der Waals surface area contributed by atoms with Crippen LogP contribution in [0.4, 0.5) is 13.2 Å². The first-order chi connectivity index (χ1) is 9.50. The van der Waals surface area contributed by atoms with Crippen molar-refractivity contribution < 1.29 is 13.2 Å². The maximum absolute atomic E-state index is 13.0. The average Bonchev–Trinajstić information content (AvgIpc) is 3.02. The van der Waals surface area contributed by atoms with E-state index in [1.807, 2.05) is 6.07 Å². The average molecular weight is 293 g/mol. The fraction of sp³-hybridized carbons (Fsp3) is 0.0769. The Morgan fingerprint density at radius 1 is 1.30 bits per heavy atom. The summed E-state index contributed by atoms with van der Waals surface area (Å²) in [6.07, 6.45) is -1.54. The molecule has 3 aromatic heterocycles. The highest BCUT2D eigenvalue weighted by Crippen LogP contribution is 2.42. The van der Waals surface area contributed by atoms with Crippen LogP contribution in [0.1, 0.15) is 10.4 Å². The van der Waals surface area contributed by atoms with E-state index in [4.69, 9.17) is 5.26 Å². The van der Waals surface area contributed by atoms with E-state index in [0.717, 1.165) is 0 Å². The summed E-state index contributed by atoms with van der Waals surface area (Å²) in [5, 5.41) is 10.8. The van der Waals surface area contributed by atoms with Gasteiger partial charge in [-0.3, -0.25) is 0 Å². The van der Waals surface area contributed by atoms with Gasteiger partial charge in [-0.1, -0.05) is 0 Å². The minimum atomic E-state index is -4.40. The summed E-state index contributed by atoms with van der Waals surface area (Å²) in [5.74, 6) is 0. The molecule has 1 N–H and O–H groups in total. The maximum Gasteiger partial charge on any atom is 0.426 e. The quantitative estimate of drug-likeness (QED) is 0.731. The maximum atomic E-state index is 13.0. The lowest BCUT2D eigenvalue weighted by molar-refractivity contribution is -0.133. The molecule has 0 aliphatic rings. The van der Waals surface area contributed by atoms with E-state index in [1.165, 1.54) is 29.9 Å². The molecule has 0 atom stereocenters. The smallest absolute Gasteiger partial charge is 0.346 e. The molecule has 3 rings (SSSR count). The van der Waals surface area contributed by atoms with Crippen molar-refractivity contribution in [2.75, 3.05) is 0 Å². The van der Waals surface area contributed by atoms with Crippen LogP contribution in [-0.4, -0.2) is 9.97 Å². The van der Waals surface area contributed by atoms with E-state index in [9.17, 15) is 13.2 Å². The molecule has 0 aromatic carbocycles. The summed E-state index contributed by atoms with van der Waals surface area (Å²) in [5.41, 5.74) is 1.27. The van der Waals surface area contributed by atoms with Crippen molar-refractivity contribution in [2.24, 2.45) is 0 Å². The molecule has 0 aliphatic heterocycles. The Kier molecular flexibility index (Phi) is 2.76. The number of rotatable bonds is 1. The normalized spacial score (nSPS) is 11.7. The molecule has 20 heavy (non-hydrogen) atoms. The van der Waals surface area contributed by atoms with E-state index in [1.54, 1.807) is 0 Å². The molecule has 0 amide bonds. The second-order valence-electron chi connectivity index (χ2n) is 4.10. The number of hydrogen-bond donors (Lipinski definition) is 1. The number of nitrogens with zero attached hydrogens (tertiary/aromatic N) is 2. The summed E-state index contributed by atoms with van der Waals surface area (Å²) in [7, 11) is 0. The van der Waals surface area contributed by atoms with Gasteiger partial charge in [-0.15, -0.1) is 11.3 Å². The van der Waals surface area contributed by atoms with E-state index < -0.39 is 11.1 Å². The number of hydrogen-bond acceptors (Lipinski definition) is 3. The minimum absolute atomic E-state index is 0.102. The molecule has 0 saturated carbocycles. The van der Waals surface area contributed by atoms with Crippen LogP contribution >= 0.6 is 11.3 Å². The Hall–Kier alpha value is -2.33. The summed E-state index contributed by atoms with van der Waals surface area (Å²) in [4.78, 5) is 6.19. The van der Waals surface area contributed by atoms with Gasteiger partial charge in [0.1, 0.15) is 16.6 Å². The van der Waals surface area contributed by atoms with Gasteiger partial charge < -0.3 is 4.98 Å². The lowest BCUT2D eigenvalue weighted by atomic mass is 10.1. The molecule has 3 heterocycles. The number of H-pyrrole nitrogens is 1. The number of aromatic amines is 1. The number of nitriles is 1. The summed E-state index contributed by atoms with van der Waals surface area (Å²) in [6.45, 7) is 0. The lowest BCUT2D eigenvalue weighted by Crippen LogP contribution is -2.03. The van der Waals surface area contributed by atoms with E-state index >= 15 is 0 Å². The monoisotopic (exact) mass is 293 g/mol. The van der Waals surface area contributed by atoms with Crippen LogP contribution in [-0.2, 0) is 6.18 Å². The van der Waals surface area contributed by atoms with Crippen molar-refractivity contribution in [1.82, 2.24) is 9.97 Å². The Morgan fingerprint density at radius 2 is 2.10 bits per heavy atom. The summed E-state index contributed by atoms with van der Waals surface area (Å²) in [6, 6.07) is 4.89. The standard InChI is InChI=1S/C13H6F3N3S/c14-13(15,16)11-8(1-2-20-11)10-6-19-12-9(10)3-7(4-17)5-18-12/h1-3,5-6H,(H,18,19). The predicted molar refractivity (Wildman–Crippen MR) is 69.1 cm³/mol. The molecular formula is C13H6F3N3S. The Balaban J connectivity index is 2.26. The first kappa shape index (κ1) is 12.7. The fourth-order valence-corrected chi connectivity index (χ4v) is 2.81. The van der Waals surface area contributed by atoms with Crippen LogP contribution in [0.2, 0.25) is 0 Å². The number of thiophene rings is 1. The minimum Gasteiger partial charge on any atom is -0.346 e. The van der Waals surface area contributed by atoms with Crippen molar-refractivity contribution >= 4 is 22.4 Å². The van der Waals surface area contributed by atoms with Crippen molar-refractivity contribution in [2.45, 2.75) is 6.18 Å². The Labute approximate surface area is 115 Å². The van der Waals surface area contributed by atoms with Crippen molar-refractivity contribution in [1.29, 1.82) is 5.26 Å². The summed E-state index contributed by atoms with van der Waals surface area (Å²) >= 11 is 0.649. The Morgan fingerprint density at radius 3 is 2.80 bits per heavy atom. The molecule has 0 bridgehead atoms. The number of alkyl halides is 3. The zero-order valence-corrected chi connectivity index (χ0v) is 10.6. The van der Waals surface area contributed by atoms with E-state index in [2.05, 4.69) is 9.97 Å². The third-order valence-corrected chi connectivity index (χ3v) is 3.83. The molecule has 100 valence electrons. The second-order valence-corrected chi connectivity index (χ2v) is 5.01. The molecule has 0 aliphatic carbocycles. The molecule has 0 fully saturated rings. The number of aromatic nitrogens is 2. The lowest BCUT2D eigenvalue weighted by Gasteiger charge is -2.06. The van der Waals surface area contributed by atoms with Crippen LogP contribution in [0.15, 0.2) is 29.9 Å². The highest BCUT2D eigenvalue weighted by atomic mass is 32.1. The van der Waals surface area contributed by atoms with Crippen LogP contribution in [0.3, 0.4) is 0 Å². The van der Waals surface area contributed by atoms with Gasteiger partial charge >= 0.3 is 6.18 Å². The van der Waals surface area contributed by atoms with Crippen LogP contribution in [0, 0.1) is 11.3 Å². The number of halogens is 3. The van der Waals surface area contributed by atoms with Gasteiger partial charge in [-0.2, -0.15) is 18.4 Å². The van der Waals surface area contributed by atoms with Crippen molar-refractivity contribution in [3.8, 4) is 17.2 Å². The molecule has 0 unspecified atom stereocenters. The third-order valence-electron chi connectivity index (χ3n) is 2.87. The van der Waals surface area contributed by atoms with Gasteiger partial charge in [0, 0.05) is 28.9 Å². The molecule has 0 spiro atoms. The van der Waals surface area contributed by atoms with Crippen LogP contribution in [0.25, 0.3) is 22.2 Å².